The molecule has 0 bridgehead atoms. The highest BCUT2D eigenvalue weighted by Gasteiger charge is 2.41. The van der Waals surface area contributed by atoms with Gasteiger partial charge < -0.3 is 10.1 Å². The van der Waals surface area contributed by atoms with Crippen molar-refractivity contribution in [3.63, 3.8) is 0 Å². The molecule has 4 heteroatoms. The predicted molar refractivity (Wildman–Crippen MR) is 88.9 cm³/mol. The number of benzene rings is 1. The van der Waals surface area contributed by atoms with E-state index in [2.05, 4.69) is 34.5 Å². The van der Waals surface area contributed by atoms with Crippen LogP contribution < -0.4 is 5.32 Å². The fraction of sp³-hybridized carbons (Fsp3) is 0.632. The molecular weight excluding hydrogens is 288 g/mol. The molecule has 2 fully saturated rings. The van der Waals surface area contributed by atoms with Gasteiger partial charge in [-0.1, -0.05) is 43.5 Å². The lowest BCUT2D eigenvalue weighted by Gasteiger charge is -2.32. The fourth-order valence-electron chi connectivity index (χ4n) is 4.47. The molecule has 1 aliphatic carbocycles. The summed E-state index contributed by atoms with van der Waals surface area (Å²) >= 11 is 0. The van der Waals surface area contributed by atoms with Crippen molar-refractivity contribution in [3.05, 3.63) is 35.4 Å². The number of nitrogens with one attached hydrogen (secondary N) is 1. The molecule has 1 aromatic rings. The van der Waals surface area contributed by atoms with E-state index < -0.39 is 0 Å². The van der Waals surface area contributed by atoms with E-state index in [9.17, 15) is 4.79 Å². The van der Waals surface area contributed by atoms with Crippen LogP contribution in [0.15, 0.2) is 24.3 Å². The second kappa shape index (κ2) is 6.25. The van der Waals surface area contributed by atoms with Gasteiger partial charge in [0, 0.05) is 13.1 Å². The summed E-state index contributed by atoms with van der Waals surface area (Å²) in [6.45, 7) is 2.94. The smallest absolute Gasteiger partial charge is 0.234 e. The molecule has 2 aliphatic heterocycles. The number of ether oxygens (including phenoxy) is 1. The van der Waals surface area contributed by atoms with Crippen molar-refractivity contribution in [1.29, 1.82) is 0 Å². The van der Waals surface area contributed by atoms with Crippen molar-refractivity contribution in [2.45, 2.75) is 63.3 Å². The van der Waals surface area contributed by atoms with E-state index >= 15 is 0 Å². The van der Waals surface area contributed by atoms with Crippen LogP contribution in [0.2, 0.25) is 0 Å². The second-order valence-electron chi connectivity index (χ2n) is 7.44. The quantitative estimate of drug-likeness (QED) is 0.932. The molecule has 3 aliphatic rings. The number of fused-ring (bicyclic) bond motifs is 1. The van der Waals surface area contributed by atoms with E-state index in [1.165, 1.54) is 43.2 Å². The number of carbonyl (C=O) groups excluding carboxylic acids is 1. The van der Waals surface area contributed by atoms with Crippen LogP contribution in [0.5, 0.6) is 0 Å². The maximum Gasteiger partial charge on any atom is 0.234 e. The normalized spacial score (nSPS) is 26.3. The zero-order chi connectivity index (χ0) is 15.7. The van der Waals surface area contributed by atoms with Gasteiger partial charge in [0.05, 0.1) is 24.8 Å². The first-order valence-corrected chi connectivity index (χ1v) is 8.95. The number of hydrogen-bond donors (Lipinski definition) is 1. The van der Waals surface area contributed by atoms with Gasteiger partial charge in [-0.15, -0.1) is 0 Å². The molecule has 4 rings (SSSR count). The van der Waals surface area contributed by atoms with Crippen LogP contribution in [0, 0.1) is 0 Å². The summed E-state index contributed by atoms with van der Waals surface area (Å²) in [5.41, 5.74) is 2.77. The Kier molecular flexibility index (Phi) is 4.12. The largest absolute Gasteiger partial charge is 0.373 e. The van der Waals surface area contributed by atoms with Crippen molar-refractivity contribution < 1.29 is 9.53 Å². The first kappa shape index (κ1) is 15.2. The Morgan fingerprint density at radius 3 is 2.57 bits per heavy atom. The van der Waals surface area contributed by atoms with Crippen LogP contribution in [0.3, 0.4) is 0 Å². The van der Waals surface area contributed by atoms with Gasteiger partial charge in [0.25, 0.3) is 0 Å². The minimum Gasteiger partial charge on any atom is -0.373 e. The number of nitrogens with zero attached hydrogens (tertiary/aromatic N) is 1. The third kappa shape index (κ3) is 3.29. The first-order valence-electron chi connectivity index (χ1n) is 8.95. The second-order valence-corrected chi connectivity index (χ2v) is 7.44. The molecule has 1 atom stereocenters. The summed E-state index contributed by atoms with van der Waals surface area (Å²) in [5, 5.41) is 3.20. The molecular formula is C19H26N2O2. The molecule has 2 heterocycles. The fourth-order valence-corrected chi connectivity index (χ4v) is 4.47. The zero-order valence-electron chi connectivity index (χ0n) is 13.7. The van der Waals surface area contributed by atoms with Gasteiger partial charge in [0.2, 0.25) is 5.91 Å². The molecule has 1 N–H and O–H groups in total. The number of amides is 1. The first-order chi connectivity index (χ1) is 11.2. The van der Waals surface area contributed by atoms with Crippen molar-refractivity contribution in [1.82, 2.24) is 10.2 Å². The summed E-state index contributed by atoms with van der Waals surface area (Å²) < 4.78 is 6.09. The maximum atomic E-state index is 12.4. The van der Waals surface area contributed by atoms with Gasteiger partial charge in [-0.3, -0.25) is 9.69 Å². The molecule has 23 heavy (non-hydrogen) atoms. The van der Waals surface area contributed by atoms with Crippen LogP contribution in [0.1, 0.15) is 49.7 Å². The van der Waals surface area contributed by atoms with E-state index in [1.807, 2.05) is 0 Å². The minimum atomic E-state index is 0.0695. The summed E-state index contributed by atoms with van der Waals surface area (Å²) in [6.07, 6.45) is 7.21. The van der Waals surface area contributed by atoms with E-state index in [1.54, 1.807) is 0 Å². The summed E-state index contributed by atoms with van der Waals surface area (Å²) in [6, 6.07) is 8.66. The van der Waals surface area contributed by atoms with Crippen molar-refractivity contribution in [3.8, 4) is 0 Å². The minimum absolute atomic E-state index is 0.0695. The lowest BCUT2D eigenvalue weighted by molar-refractivity contribution is -0.123. The summed E-state index contributed by atoms with van der Waals surface area (Å²) in [7, 11) is 0. The van der Waals surface area contributed by atoms with Crippen LogP contribution in [-0.4, -0.2) is 35.6 Å². The highest BCUT2D eigenvalue weighted by Crippen LogP contribution is 2.39. The standard InChI is InChI=1S/C19H26N2O2/c22-18(13-21-11-15-6-2-3-7-16(15)12-21)20-17-10-19(23-14-17)8-4-1-5-9-19/h2-3,6-7,17H,1,4-5,8-14H2,(H,20,22). The monoisotopic (exact) mass is 314 g/mol. The third-order valence-electron chi connectivity index (χ3n) is 5.61. The molecule has 4 nitrogen and oxygen atoms in total. The number of hydrogen-bond acceptors (Lipinski definition) is 3. The molecule has 1 spiro atoms. The van der Waals surface area contributed by atoms with Gasteiger partial charge in [0.1, 0.15) is 0 Å². The van der Waals surface area contributed by atoms with Gasteiger partial charge in [0.15, 0.2) is 0 Å². The Bertz CT molecular complexity index is 555. The van der Waals surface area contributed by atoms with Crippen LogP contribution >= 0.6 is 0 Å². The van der Waals surface area contributed by atoms with E-state index in [-0.39, 0.29) is 17.6 Å². The Balaban J connectivity index is 1.27. The van der Waals surface area contributed by atoms with Gasteiger partial charge in [-0.2, -0.15) is 0 Å². The Labute approximate surface area is 138 Å². The van der Waals surface area contributed by atoms with E-state index in [0.29, 0.717) is 13.2 Å². The molecule has 1 amide bonds. The van der Waals surface area contributed by atoms with E-state index in [4.69, 9.17) is 4.74 Å². The van der Waals surface area contributed by atoms with Crippen LogP contribution in [0.25, 0.3) is 0 Å². The third-order valence-corrected chi connectivity index (χ3v) is 5.61. The van der Waals surface area contributed by atoms with Crippen LogP contribution in [-0.2, 0) is 22.6 Å². The SMILES string of the molecule is O=C(CN1Cc2ccccc2C1)NC1COC2(CCCCC2)C1. The topological polar surface area (TPSA) is 41.6 Å². The van der Waals surface area contributed by atoms with E-state index in [0.717, 1.165) is 19.5 Å². The van der Waals surface area contributed by atoms with Crippen molar-refractivity contribution in [2.75, 3.05) is 13.2 Å². The molecule has 1 aromatic carbocycles. The number of rotatable bonds is 3. The Hall–Kier alpha value is -1.39. The number of carbonyl (C=O) groups is 1. The molecule has 0 radical (unpaired) electrons. The van der Waals surface area contributed by atoms with Gasteiger partial charge in [-0.25, -0.2) is 0 Å². The van der Waals surface area contributed by atoms with Crippen molar-refractivity contribution in [2.24, 2.45) is 0 Å². The molecule has 1 unspecified atom stereocenters. The average Bonchev–Trinajstić information content (AvgIpc) is 3.11. The molecule has 124 valence electrons. The van der Waals surface area contributed by atoms with Gasteiger partial charge >= 0.3 is 0 Å². The Morgan fingerprint density at radius 1 is 1.17 bits per heavy atom. The predicted octanol–water partition coefficient (Wildman–Crippen LogP) is 2.61. The van der Waals surface area contributed by atoms with Crippen molar-refractivity contribution >= 4 is 5.91 Å². The lowest BCUT2D eigenvalue weighted by atomic mass is 9.82. The maximum absolute atomic E-state index is 12.4. The molecule has 0 aromatic heterocycles. The van der Waals surface area contributed by atoms with Crippen LogP contribution in [0.4, 0.5) is 0 Å². The zero-order valence-corrected chi connectivity index (χ0v) is 13.7. The highest BCUT2D eigenvalue weighted by molar-refractivity contribution is 5.78. The Morgan fingerprint density at radius 2 is 1.87 bits per heavy atom. The average molecular weight is 314 g/mol. The lowest BCUT2D eigenvalue weighted by Crippen LogP contribution is -2.42. The highest BCUT2D eigenvalue weighted by atomic mass is 16.5. The summed E-state index contributed by atoms with van der Waals surface area (Å²) in [4.78, 5) is 14.6. The van der Waals surface area contributed by atoms with Gasteiger partial charge in [-0.05, 0) is 30.4 Å². The summed E-state index contributed by atoms with van der Waals surface area (Å²) in [5.74, 6) is 0.138. The molecule has 1 saturated carbocycles. The molecule has 1 saturated heterocycles.